The minimum atomic E-state index is -0.0123. The lowest BCUT2D eigenvalue weighted by Gasteiger charge is -1.99. The minimum Gasteiger partial charge on any atom is -0.419 e. The Morgan fingerprint density at radius 1 is 1.40 bits per heavy atom. The van der Waals surface area contributed by atoms with Gasteiger partial charge in [-0.1, -0.05) is 0 Å². The highest BCUT2D eigenvalue weighted by molar-refractivity contribution is 5.75. The third kappa shape index (κ3) is 3.23. The molecule has 0 saturated heterocycles. The molecular weight excluding hydrogens is 258 g/mol. The summed E-state index contributed by atoms with van der Waals surface area (Å²) in [7, 11) is 0. The van der Waals surface area contributed by atoms with Crippen LogP contribution in [0.2, 0.25) is 0 Å². The summed E-state index contributed by atoms with van der Waals surface area (Å²) in [4.78, 5) is 11.4. The van der Waals surface area contributed by atoms with Crippen molar-refractivity contribution in [3.8, 4) is 11.6 Å². The zero-order valence-corrected chi connectivity index (χ0v) is 12.0. The van der Waals surface area contributed by atoms with Crippen molar-refractivity contribution in [1.82, 2.24) is 25.3 Å². The second-order valence-corrected chi connectivity index (χ2v) is 4.44. The van der Waals surface area contributed by atoms with Crippen LogP contribution in [0, 0.1) is 6.92 Å². The average molecular weight is 277 g/mol. The molecule has 0 fully saturated rings. The Balaban J connectivity index is 2.06. The van der Waals surface area contributed by atoms with Gasteiger partial charge in [-0.25, -0.2) is 0 Å². The fraction of sp³-hybridized carbons (Fsp3) is 0.538. The molecule has 0 atom stereocenters. The fourth-order valence-corrected chi connectivity index (χ4v) is 1.92. The molecule has 0 aliphatic heterocycles. The average Bonchev–Trinajstić information content (AvgIpc) is 3.02. The highest BCUT2D eigenvalue weighted by atomic mass is 16.4. The normalized spacial score (nSPS) is 10.8. The van der Waals surface area contributed by atoms with E-state index in [1.165, 1.54) is 0 Å². The van der Waals surface area contributed by atoms with E-state index in [0.29, 0.717) is 31.2 Å². The van der Waals surface area contributed by atoms with E-state index >= 15 is 0 Å². The lowest BCUT2D eigenvalue weighted by Crippen LogP contribution is -2.22. The van der Waals surface area contributed by atoms with E-state index in [1.54, 1.807) is 0 Å². The third-order valence-electron chi connectivity index (χ3n) is 2.83. The van der Waals surface area contributed by atoms with E-state index in [9.17, 15) is 4.79 Å². The van der Waals surface area contributed by atoms with Gasteiger partial charge in [-0.3, -0.25) is 9.48 Å². The number of hydrogen-bond donors (Lipinski definition) is 1. The van der Waals surface area contributed by atoms with Gasteiger partial charge < -0.3 is 9.73 Å². The van der Waals surface area contributed by atoms with E-state index in [2.05, 4.69) is 20.6 Å². The Kier molecular flexibility index (Phi) is 4.49. The first kappa shape index (κ1) is 14.2. The van der Waals surface area contributed by atoms with Gasteiger partial charge in [0.25, 0.3) is 5.89 Å². The van der Waals surface area contributed by atoms with Crippen LogP contribution < -0.4 is 5.32 Å². The summed E-state index contributed by atoms with van der Waals surface area (Å²) < 4.78 is 7.41. The first-order valence-corrected chi connectivity index (χ1v) is 6.78. The molecule has 0 radical (unpaired) electrons. The van der Waals surface area contributed by atoms with Gasteiger partial charge in [0.1, 0.15) is 5.69 Å². The van der Waals surface area contributed by atoms with Gasteiger partial charge in [0, 0.05) is 25.9 Å². The first-order chi connectivity index (χ1) is 9.63. The van der Waals surface area contributed by atoms with Gasteiger partial charge in [-0.15, -0.1) is 10.2 Å². The van der Waals surface area contributed by atoms with E-state index < -0.39 is 0 Å². The Morgan fingerprint density at radius 3 is 2.90 bits per heavy atom. The largest absolute Gasteiger partial charge is 0.419 e. The van der Waals surface area contributed by atoms with Crippen molar-refractivity contribution < 1.29 is 9.21 Å². The third-order valence-corrected chi connectivity index (χ3v) is 2.83. The zero-order valence-electron chi connectivity index (χ0n) is 12.0. The van der Waals surface area contributed by atoms with Crippen molar-refractivity contribution in [1.29, 1.82) is 0 Å². The molecule has 2 aromatic rings. The molecule has 0 aliphatic rings. The van der Waals surface area contributed by atoms with Crippen LogP contribution in [0.3, 0.4) is 0 Å². The van der Waals surface area contributed by atoms with Crippen LogP contribution in [0.5, 0.6) is 0 Å². The van der Waals surface area contributed by atoms with Crippen LogP contribution >= 0.6 is 0 Å². The second-order valence-electron chi connectivity index (χ2n) is 4.44. The van der Waals surface area contributed by atoms with Crippen molar-refractivity contribution in [2.75, 3.05) is 6.54 Å². The van der Waals surface area contributed by atoms with Crippen LogP contribution in [0.1, 0.15) is 31.9 Å². The number of aromatic nitrogens is 4. The zero-order chi connectivity index (χ0) is 14.5. The lowest BCUT2D eigenvalue weighted by atomic mass is 10.3. The quantitative estimate of drug-likeness (QED) is 0.860. The molecule has 108 valence electrons. The van der Waals surface area contributed by atoms with Gasteiger partial charge >= 0.3 is 0 Å². The monoisotopic (exact) mass is 277 g/mol. The Morgan fingerprint density at radius 2 is 2.20 bits per heavy atom. The summed E-state index contributed by atoms with van der Waals surface area (Å²) >= 11 is 0. The maximum absolute atomic E-state index is 11.4. The molecule has 0 spiro atoms. The van der Waals surface area contributed by atoms with Gasteiger partial charge in [0.05, 0.1) is 5.69 Å². The smallest absolute Gasteiger partial charge is 0.265 e. The number of carbonyl (C=O) groups excluding carboxylic acids is 1. The van der Waals surface area contributed by atoms with Crippen molar-refractivity contribution in [2.45, 2.75) is 40.2 Å². The van der Waals surface area contributed by atoms with Crippen LogP contribution in [0.25, 0.3) is 11.6 Å². The highest BCUT2D eigenvalue weighted by Crippen LogP contribution is 2.19. The molecule has 0 aliphatic carbocycles. The van der Waals surface area contributed by atoms with Crippen LogP contribution in [0.4, 0.5) is 0 Å². The van der Waals surface area contributed by atoms with Crippen LogP contribution in [-0.2, 0) is 17.8 Å². The SMILES string of the molecule is CCNC(=O)CCc1nnc(-c2cc(C)nn2CC)o1. The number of hydrogen-bond acceptors (Lipinski definition) is 5. The molecule has 0 bridgehead atoms. The topological polar surface area (TPSA) is 85.8 Å². The van der Waals surface area contributed by atoms with Gasteiger partial charge in [0.15, 0.2) is 0 Å². The molecule has 2 rings (SSSR count). The number of rotatable bonds is 6. The summed E-state index contributed by atoms with van der Waals surface area (Å²) in [6.45, 7) is 7.17. The predicted molar refractivity (Wildman–Crippen MR) is 72.9 cm³/mol. The van der Waals surface area contributed by atoms with E-state index in [1.807, 2.05) is 31.5 Å². The lowest BCUT2D eigenvalue weighted by molar-refractivity contribution is -0.121. The molecule has 0 saturated carbocycles. The summed E-state index contributed by atoms with van der Waals surface area (Å²) in [6, 6.07) is 1.91. The predicted octanol–water partition coefficient (Wildman–Crippen LogP) is 1.33. The van der Waals surface area contributed by atoms with Crippen LogP contribution in [-0.4, -0.2) is 32.4 Å². The maximum atomic E-state index is 11.4. The molecule has 0 unspecified atom stereocenters. The first-order valence-electron chi connectivity index (χ1n) is 6.78. The summed E-state index contributed by atoms with van der Waals surface area (Å²) in [5.41, 5.74) is 1.71. The number of aryl methyl sites for hydroxylation is 3. The molecular formula is C13H19N5O2. The number of carbonyl (C=O) groups is 1. The minimum absolute atomic E-state index is 0.0123. The fourth-order valence-electron chi connectivity index (χ4n) is 1.92. The van der Waals surface area contributed by atoms with Crippen molar-refractivity contribution >= 4 is 5.91 Å². The molecule has 20 heavy (non-hydrogen) atoms. The summed E-state index contributed by atoms with van der Waals surface area (Å²) in [5.74, 6) is 0.896. The van der Waals surface area contributed by atoms with Crippen molar-refractivity contribution in [3.63, 3.8) is 0 Å². The summed E-state index contributed by atoms with van der Waals surface area (Å²) in [5, 5.41) is 15.1. The molecule has 7 nitrogen and oxygen atoms in total. The number of amides is 1. The van der Waals surface area contributed by atoms with Gasteiger partial charge in [-0.05, 0) is 26.8 Å². The van der Waals surface area contributed by atoms with Crippen LogP contribution in [0.15, 0.2) is 10.5 Å². The molecule has 7 heteroatoms. The molecule has 0 aromatic carbocycles. The second kappa shape index (κ2) is 6.31. The standard InChI is InChI=1S/C13H19N5O2/c1-4-14-11(19)6-7-12-15-16-13(20-12)10-8-9(3)17-18(10)5-2/h8H,4-7H2,1-3H3,(H,14,19). The van der Waals surface area contributed by atoms with Gasteiger partial charge in [0.2, 0.25) is 11.8 Å². The van der Waals surface area contributed by atoms with Crippen molar-refractivity contribution in [2.24, 2.45) is 0 Å². The Labute approximate surface area is 117 Å². The van der Waals surface area contributed by atoms with E-state index in [-0.39, 0.29) is 5.91 Å². The maximum Gasteiger partial charge on any atom is 0.265 e. The number of nitrogens with one attached hydrogen (secondary N) is 1. The number of nitrogens with zero attached hydrogens (tertiary/aromatic N) is 4. The molecule has 1 N–H and O–H groups in total. The molecule has 2 heterocycles. The Hall–Kier alpha value is -2.18. The van der Waals surface area contributed by atoms with E-state index in [0.717, 1.165) is 17.9 Å². The Bertz CT molecular complexity index is 587. The highest BCUT2D eigenvalue weighted by Gasteiger charge is 2.14. The summed E-state index contributed by atoms with van der Waals surface area (Å²) in [6.07, 6.45) is 0.791. The molecule has 1 amide bonds. The van der Waals surface area contributed by atoms with E-state index in [4.69, 9.17) is 4.42 Å². The molecule has 2 aromatic heterocycles. The van der Waals surface area contributed by atoms with Crippen molar-refractivity contribution in [3.05, 3.63) is 17.7 Å². The van der Waals surface area contributed by atoms with Gasteiger partial charge in [-0.2, -0.15) is 5.10 Å².